The van der Waals surface area contributed by atoms with E-state index in [1.165, 1.54) is 4.57 Å². The average Bonchev–Trinajstić information content (AvgIpc) is 3.35. The quantitative estimate of drug-likeness (QED) is 0.395. The molecule has 180 valence electrons. The lowest BCUT2D eigenvalue weighted by molar-refractivity contribution is 0.127. The zero-order chi connectivity index (χ0) is 24.0. The minimum atomic E-state index is -2.52. The van der Waals surface area contributed by atoms with Gasteiger partial charge in [0.2, 0.25) is 5.95 Å². The monoisotopic (exact) mass is 473 g/mol. The summed E-state index contributed by atoms with van der Waals surface area (Å²) in [4.78, 5) is 23.2. The fourth-order valence-electron chi connectivity index (χ4n) is 4.49. The van der Waals surface area contributed by atoms with Crippen molar-refractivity contribution in [3.05, 3.63) is 24.2 Å². The lowest BCUT2D eigenvalue weighted by atomic mass is 10.0. The normalized spacial score (nSPS) is 19.4. The van der Waals surface area contributed by atoms with Gasteiger partial charge in [0, 0.05) is 31.9 Å². The van der Waals surface area contributed by atoms with Crippen molar-refractivity contribution >= 4 is 34.0 Å². The summed E-state index contributed by atoms with van der Waals surface area (Å²) >= 11 is 0. The number of H-pyrrole nitrogens is 1. The Morgan fingerprint density at radius 1 is 1.21 bits per heavy atom. The topological polar surface area (TPSA) is 99.6 Å². The van der Waals surface area contributed by atoms with Crippen LogP contribution >= 0.6 is 0 Å². The highest BCUT2D eigenvalue weighted by atomic mass is 19.3. The van der Waals surface area contributed by atoms with Crippen molar-refractivity contribution in [3.8, 4) is 11.3 Å². The highest BCUT2D eigenvalue weighted by Crippen LogP contribution is 2.33. The van der Waals surface area contributed by atoms with Crippen molar-refractivity contribution < 1.29 is 13.2 Å². The van der Waals surface area contributed by atoms with Crippen molar-refractivity contribution in [1.29, 1.82) is 0 Å². The number of hydrogen-bond donors (Lipinski definition) is 3. The van der Waals surface area contributed by atoms with Gasteiger partial charge in [0.25, 0.3) is 6.43 Å². The number of anilines is 2. The van der Waals surface area contributed by atoms with Crippen LogP contribution in [0.2, 0.25) is 0 Å². The molecule has 0 aliphatic carbocycles. The summed E-state index contributed by atoms with van der Waals surface area (Å²) < 4.78 is 42.1. The number of halogens is 3. The lowest BCUT2D eigenvalue weighted by Crippen LogP contribution is -2.46. The van der Waals surface area contributed by atoms with E-state index in [1.807, 2.05) is 11.9 Å². The number of alkyl halides is 3. The standard InChI is InChI=1S/C22H26F3N9/c1-11-28-16-5-4-14(29-21(16)34(11)10-17(24)25)12-8-27-20-18(12)19(26-2)31-22(32-20)30-15-6-7-33(3)9-13(15)23/h4-5,8,13,15,17H,6-7,9-10H2,1-3H3,(H3,26,27,30,31,32)/t13-,15+/m1/s1. The third-order valence-corrected chi connectivity index (χ3v) is 6.21. The highest BCUT2D eigenvalue weighted by molar-refractivity contribution is 6.01. The third kappa shape index (κ3) is 4.02. The van der Waals surface area contributed by atoms with Crippen molar-refractivity contribution in [2.45, 2.75) is 38.5 Å². The van der Waals surface area contributed by atoms with E-state index in [9.17, 15) is 13.2 Å². The van der Waals surface area contributed by atoms with Crippen LogP contribution in [0.1, 0.15) is 12.2 Å². The van der Waals surface area contributed by atoms with E-state index >= 15 is 0 Å². The number of aryl methyl sites for hydroxylation is 1. The number of aromatic nitrogens is 6. The Kier molecular flexibility index (Phi) is 5.76. The Labute approximate surface area is 193 Å². The summed E-state index contributed by atoms with van der Waals surface area (Å²) in [6, 6.07) is 3.19. The number of fused-ring (bicyclic) bond motifs is 2. The summed E-state index contributed by atoms with van der Waals surface area (Å²) in [5.41, 5.74) is 2.80. The molecule has 0 unspecified atom stereocenters. The Morgan fingerprint density at radius 3 is 2.76 bits per heavy atom. The van der Waals surface area contributed by atoms with Crippen LogP contribution in [-0.4, -0.2) is 80.2 Å². The first-order chi connectivity index (χ1) is 16.3. The van der Waals surface area contributed by atoms with Crippen LogP contribution < -0.4 is 10.6 Å². The van der Waals surface area contributed by atoms with Crippen LogP contribution in [0.25, 0.3) is 33.5 Å². The van der Waals surface area contributed by atoms with Crippen molar-refractivity contribution in [3.63, 3.8) is 0 Å². The molecule has 1 aliphatic heterocycles. The van der Waals surface area contributed by atoms with Gasteiger partial charge in [-0.25, -0.2) is 23.1 Å². The Morgan fingerprint density at radius 2 is 2.03 bits per heavy atom. The second-order valence-electron chi connectivity index (χ2n) is 8.59. The van der Waals surface area contributed by atoms with Gasteiger partial charge in [-0.05, 0) is 32.5 Å². The average molecular weight is 474 g/mol. The molecule has 3 N–H and O–H groups in total. The van der Waals surface area contributed by atoms with Gasteiger partial charge in [0.15, 0.2) is 5.65 Å². The fraction of sp³-hybridized carbons (Fsp3) is 0.455. The molecule has 0 saturated carbocycles. The molecule has 2 atom stereocenters. The number of nitrogens with zero attached hydrogens (tertiary/aromatic N) is 6. The predicted molar refractivity (Wildman–Crippen MR) is 125 cm³/mol. The molecule has 5 heterocycles. The first kappa shape index (κ1) is 22.4. The molecule has 0 spiro atoms. The van der Waals surface area contributed by atoms with E-state index in [0.29, 0.717) is 58.4 Å². The summed E-state index contributed by atoms with van der Waals surface area (Å²) in [6.45, 7) is 2.37. The van der Waals surface area contributed by atoms with Gasteiger partial charge in [-0.1, -0.05) is 0 Å². The van der Waals surface area contributed by atoms with Gasteiger partial charge >= 0.3 is 0 Å². The van der Waals surface area contributed by atoms with E-state index in [2.05, 4.69) is 35.6 Å². The smallest absolute Gasteiger partial charge is 0.256 e. The molecule has 4 aromatic heterocycles. The first-order valence-corrected chi connectivity index (χ1v) is 11.1. The van der Waals surface area contributed by atoms with Gasteiger partial charge in [-0.2, -0.15) is 9.97 Å². The SMILES string of the molecule is CNc1nc(N[C@H]2CCN(C)C[C@H]2F)nc2[nH]cc(-c3ccc4nc(C)n(CC(F)F)c4n3)c12. The van der Waals surface area contributed by atoms with Crippen LogP contribution in [0.15, 0.2) is 18.3 Å². The number of nitrogens with one attached hydrogen (secondary N) is 3. The molecular formula is C22H26F3N9. The Balaban J connectivity index is 1.53. The van der Waals surface area contributed by atoms with Gasteiger partial charge in [-0.3, -0.25) is 0 Å². The molecule has 0 bridgehead atoms. The second kappa shape index (κ2) is 8.75. The molecule has 0 radical (unpaired) electrons. The molecule has 34 heavy (non-hydrogen) atoms. The molecule has 0 amide bonds. The minimum Gasteiger partial charge on any atom is -0.372 e. The second-order valence-corrected chi connectivity index (χ2v) is 8.59. The van der Waals surface area contributed by atoms with Gasteiger partial charge in [0.05, 0.1) is 23.7 Å². The van der Waals surface area contributed by atoms with Crippen LogP contribution in [0.4, 0.5) is 24.9 Å². The lowest BCUT2D eigenvalue weighted by Gasteiger charge is -2.32. The summed E-state index contributed by atoms with van der Waals surface area (Å²) in [5.74, 6) is 1.36. The van der Waals surface area contributed by atoms with E-state index in [-0.39, 0.29) is 6.04 Å². The maximum Gasteiger partial charge on any atom is 0.256 e. The number of likely N-dealkylation sites (tertiary alicyclic amines) is 1. The number of aromatic amines is 1. The van der Waals surface area contributed by atoms with Crippen LogP contribution in [-0.2, 0) is 6.54 Å². The summed E-state index contributed by atoms with van der Waals surface area (Å²) in [6.07, 6.45) is -1.13. The first-order valence-electron chi connectivity index (χ1n) is 11.1. The number of hydrogen-bond acceptors (Lipinski definition) is 7. The fourth-order valence-corrected chi connectivity index (χ4v) is 4.49. The number of piperidine rings is 1. The van der Waals surface area contributed by atoms with Crippen LogP contribution in [0.5, 0.6) is 0 Å². The number of imidazole rings is 1. The highest BCUT2D eigenvalue weighted by Gasteiger charge is 2.28. The molecule has 1 saturated heterocycles. The maximum absolute atomic E-state index is 14.5. The molecule has 0 aromatic carbocycles. The third-order valence-electron chi connectivity index (χ3n) is 6.21. The molecular weight excluding hydrogens is 447 g/mol. The van der Waals surface area contributed by atoms with Crippen molar-refractivity contribution in [2.75, 3.05) is 37.8 Å². The van der Waals surface area contributed by atoms with Gasteiger partial charge in [0.1, 0.15) is 29.0 Å². The van der Waals surface area contributed by atoms with E-state index in [4.69, 9.17) is 0 Å². The number of pyridine rings is 1. The summed E-state index contributed by atoms with van der Waals surface area (Å²) in [5, 5.41) is 6.93. The van der Waals surface area contributed by atoms with E-state index in [0.717, 1.165) is 12.1 Å². The molecule has 12 heteroatoms. The molecule has 5 rings (SSSR count). The molecule has 1 fully saturated rings. The Bertz CT molecular complexity index is 1330. The van der Waals surface area contributed by atoms with Crippen molar-refractivity contribution in [1.82, 2.24) is 34.4 Å². The van der Waals surface area contributed by atoms with E-state index in [1.54, 1.807) is 32.3 Å². The maximum atomic E-state index is 14.5. The van der Waals surface area contributed by atoms with Crippen LogP contribution in [0, 0.1) is 6.92 Å². The van der Waals surface area contributed by atoms with Crippen molar-refractivity contribution in [2.24, 2.45) is 0 Å². The van der Waals surface area contributed by atoms with Gasteiger partial charge < -0.3 is 25.1 Å². The van der Waals surface area contributed by atoms with Gasteiger partial charge in [-0.15, -0.1) is 0 Å². The zero-order valence-corrected chi connectivity index (χ0v) is 19.1. The Hall–Kier alpha value is -3.41. The predicted octanol–water partition coefficient (Wildman–Crippen LogP) is 3.44. The minimum absolute atomic E-state index is 0.330. The largest absolute Gasteiger partial charge is 0.372 e. The summed E-state index contributed by atoms with van der Waals surface area (Å²) in [7, 11) is 3.64. The molecule has 9 nitrogen and oxygen atoms in total. The van der Waals surface area contributed by atoms with Crippen LogP contribution in [0.3, 0.4) is 0 Å². The van der Waals surface area contributed by atoms with E-state index < -0.39 is 19.1 Å². The zero-order valence-electron chi connectivity index (χ0n) is 19.1. The molecule has 4 aromatic rings. The number of rotatable bonds is 6. The molecule has 1 aliphatic rings.